The fourth-order valence-corrected chi connectivity index (χ4v) is 5.68. The van der Waals surface area contributed by atoms with Crippen LogP contribution in [-0.4, -0.2) is 22.6 Å². The molecule has 4 aromatic rings. The van der Waals surface area contributed by atoms with Gasteiger partial charge in [-0.25, -0.2) is 0 Å². The molecular weight excluding hydrogens is 394 g/mol. The summed E-state index contributed by atoms with van der Waals surface area (Å²) in [6.45, 7) is 1.84. The van der Waals surface area contributed by atoms with Crippen molar-refractivity contribution in [2.75, 3.05) is 6.54 Å². The molecule has 1 saturated carbocycles. The molecule has 3 aliphatic rings. The Hall–Kier alpha value is -3.37. The van der Waals surface area contributed by atoms with E-state index in [1.54, 1.807) is 0 Å². The standard InChI is InChI=1S/C28H27N3O/c32-27(30-26(22-10-5-2-6-11-22)28-16-21(17-28)18-29-28)24-12-7-13-25-23(24)14-15-31(25)19-20-8-3-1-4-9-20/h1-15,21,26,29H,16-19H2,(H,30,32). The summed E-state index contributed by atoms with van der Waals surface area (Å²) in [4.78, 5) is 13.6. The monoisotopic (exact) mass is 421 g/mol. The van der Waals surface area contributed by atoms with Gasteiger partial charge in [0.2, 0.25) is 0 Å². The molecule has 2 aliphatic heterocycles. The Kier molecular flexibility index (Phi) is 4.62. The van der Waals surface area contributed by atoms with Crippen molar-refractivity contribution in [2.45, 2.75) is 31.0 Å². The van der Waals surface area contributed by atoms with Crippen LogP contribution in [0.5, 0.6) is 0 Å². The Bertz CT molecular complexity index is 1250. The molecule has 1 unspecified atom stereocenters. The lowest BCUT2D eigenvalue weighted by molar-refractivity contribution is 0.0864. The van der Waals surface area contributed by atoms with E-state index < -0.39 is 0 Å². The molecule has 2 saturated heterocycles. The number of rotatable bonds is 6. The summed E-state index contributed by atoms with van der Waals surface area (Å²) >= 11 is 0. The summed E-state index contributed by atoms with van der Waals surface area (Å²) in [5, 5.41) is 8.12. The van der Waals surface area contributed by atoms with Crippen molar-refractivity contribution in [3.8, 4) is 0 Å². The number of aromatic nitrogens is 1. The van der Waals surface area contributed by atoms with Gasteiger partial charge in [0, 0.05) is 34.7 Å². The molecule has 4 nitrogen and oxygen atoms in total. The minimum atomic E-state index is -0.0309. The predicted octanol–water partition coefficient (Wildman–Crippen LogP) is 4.91. The highest BCUT2D eigenvalue weighted by atomic mass is 16.1. The molecule has 4 heteroatoms. The first kappa shape index (κ1) is 19.3. The van der Waals surface area contributed by atoms with Crippen molar-refractivity contribution in [3.05, 3.63) is 108 Å². The fraction of sp³-hybridized carbons (Fsp3) is 0.250. The van der Waals surface area contributed by atoms with E-state index in [9.17, 15) is 4.79 Å². The fourth-order valence-electron chi connectivity index (χ4n) is 5.68. The van der Waals surface area contributed by atoms with Crippen molar-refractivity contribution in [1.82, 2.24) is 15.2 Å². The van der Waals surface area contributed by atoms with Crippen LogP contribution in [0.1, 0.15) is 40.4 Å². The lowest BCUT2D eigenvalue weighted by atomic mass is 9.67. The number of carbonyl (C=O) groups is 1. The highest BCUT2D eigenvalue weighted by molar-refractivity contribution is 6.06. The van der Waals surface area contributed by atoms with E-state index >= 15 is 0 Å². The van der Waals surface area contributed by atoms with Crippen molar-refractivity contribution < 1.29 is 4.79 Å². The van der Waals surface area contributed by atoms with Gasteiger partial charge in [-0.1, -0.05) is 66.7 Å². The van der Waals surface area contributed by atoms with Crippen LogP contribution in [0.3, 0.4) is 0 Å². The molecule has 1 atom stereocenters. The number of carbonyl (C=O) groups excluding carboxylic acids is 1. The Labute approximate surface area is 188 Å². The number of benzene rings is 3. The molecule has 160 valence electrons. The molecule has 1 aliphatic carbocycles. The maximum Gasteiger partial charge on any atom is 0.252 e. The average Bonchev–Trinajstić information content (AvgIpc) is 3.54. The van der Waals surface area contributed by atoms with Gasteiger partial charge in [-0.15, -0.1) is 0 Å². The largest absolute Gasteiger partial charge is 0.343 e. The Morgan fingerprint density at radius 2 is 1.72 bits per heavy atom. The maximum atomic E-state index is 13.6. The second kappa shape index (κ2) is 7.64. The molecule has 7 rings (SSSR count). The van der Waals surface area contributed by atoms with Crippen LogP contribution in [0.4, 0.5) is 0 Å². The van der Waals surface area contributed by atoms with Gasteiger partial charge in [-0.2, -0.15) is 0 Å². The molecule has 3 aromatic carbocycles. The van der Waals surface area contributed by atoms with E-state index in [1.165, 1.54) is 11.1 Å². The lowest BCUT2D eigenvalue weighted by Crippen LogP contribution is -2.54. The number of amides is 1. The predicted molar refractivity (Wildman–Crippen MR) is 128 cm³/mol. The quantitative estimate of drug-likeness (QED) is 0.465. The molecular formula is C28H27N3O. The van der Waals surface area contributed by atoms with Crippen LogP contribution in [0, 0.1) is 5.92 Å². The molecule has 32 heavy (non-hydrogen) atoms. The number of nitrogens with zero attached hydrogens (tertiary/aromatic N) is 1. The van der Waals surface area contributed by atoms with Gasteiger partial charge in [0.1, 0.15) is 0 Å². The van der Waals surface area contributed by atoms with Crippen molar-refractivity contribution >= 4 is 16.8 Å². The van der Waals surface area contributed by atoms with Gasteiger partial charge in [-0.05, 0) is 54.6 Å². The highest BCUT2D eigenvalue weighted by Crippen LogP contribution is 2.50. The van der Waals surface area contributed by atoms with E-state index in [1.807, 2.05) is 24.3 Å². The van der Waals surface area contributed by atoms with Crippen molar-refractivity contribution in [3.63, 3.8) is 0 Å². The Morgan fingerprint density at radius 3 is 2.44 bits per heavy atom. The van der Waals surface area contributed by atoms with Crippen molar-refractivity contribution in [1.29, 1.82) is 0 Å². The molecule has 0 radical (unpaired) electrons. The zero-order chi connectivity index (χ0) is 21.5. The van der Waals surface area contributed by atoms with E-state index in [4.69, 9.17) is 0 Å². The molecule has 1 aromatic heterocycles. The number of nitrogens with one attached hydrogen (secondary N) is 2. The molecule has 1 amide bonds. The van der Waals surface area contributed by atoms with E-state index in [0.717, 1.165) is 48.3 Å². The second-order valence-corrected chi connectivity index (χ2v) is 9.30. The number of hydrogen-bond acceptors (Lipinski definition) is 2. The third-order valence-corrected chi connectivity index (χ3v) is 7.26. The van der Waals surface area contributed by atoms with Gasteiger partial charge >= 0.3 is 0 Å². The van der Waals surface area contributed by atoms with Gasteiger partial charge in [0.05, 0.1) is 6.04 Å². The van der Waals surface area contributed by atoms with Crippen LogP contribution in [-0.2, 0) is 6.54 Å². The van der Waals surface area contributed by atoms with Gasteiger partial charge in [0.15, 0.2) is 0 Å². The first-order chi connectivity index (χ1) is 15.7. The summed E-state index contributed by atoms with van der Waals surface area (Å²) in [7, 11) is 0. The second-order valence-electron chi connectivity index (χ2n) is 9.30. The molecule has 0 spiro atoms. The minimum Gasteiger partial charge on any atom is -0.343 e. The molecule has 2 N–H and O–H groups in total. The Morgan fingerprint density at radius 1 is 0.969 bits per heavy atom. The zero-order valence-corrected chi connectivity index (χ0v) is 18.0. The van der Waals surface area contributed by atoms with Crippen LogP contribution in [0.15, 0.2) is 91.1 Å². The average molecular weight is 422 g/mol. The van der Waals surface area contributed by atoms with Crippen LogP contribution < -0.4 is 10.6 Å². The Balaban J connectivity index is 1.32. The van der Waals surface area contributed by atoms with Crippen molar-refractivity contribution in [2.24, 2.45) is 5.92 Å². The van der Waals surface area contributed by atoms with Crippen LogP contribution in [0.25, 0.3) is 10.9 Å². The first-order valence-electron chi connectivity index (χ1n) is 11.4. The summed E-state index contributed by atoms with van der Waals surface area (Å²) in [6, 6.07) is 28.9. The molecule has 3 fully saturated rings. The maximum absolute atomic E-state index is 13.6. The number of fused-ring (bicyclic) bond motifs is 2. The first-order valence-corrected chi connectivity index (χ1v) is 11.4. The third-order valence-electron chi connectivity index (χ3n) is 7.26. The van der Waals surface area contributed by atoms with Crippen LogP contribution >= 0.6 is 0 Å². The van der Waals surface area contributed by atoms with Crippen LogP contribution in [0.2, 0.25) is 0 Å². The lowest BCUT2D eigenvalue weighted by Gasteiger charge is -2.44. The summed E-state index contributed by atoms with van der Waals surface area (Å²) < 4.78 is 2.21. The highest BCUT2D eigenvalue weighted by Gasteiger charge is 2.55. The van der Waals surface area contributed by atoms with E-state index in [-0.39, 0.29) is 17.5 Å². The molecule has 2 bridgehead atoms. The van der Waals surface area contributed by atoms with E-state index in [2.05, 4.69) is 82.1 Å². The summed E-state index contributed by atoms with van der Waals surface area (Å²) in [5.41, 5.74) is 4.21. The zero-order valence-electron chi connectivity index (χ0n) is 18.0. The van der Waals surface area contributed by atoms with Gasteiger partial charge in [-0.3, -0.25) is 4.79 Å². The SMILES string of the molecule is O=C(NC(c1ccccc1)C12CC(CN1)C2)c1cccc2c1ccn2Cc1ccccc1. The smallest absolute Gasteiger partial charge is 0.252 e. The molecule has 3 heterocycles. The third kappa shape index (κ3) is 3.23. The summed E-state index contributed by atoms with van der Waals surface area (Å²) in [6.07, 6.45) is 4.34. The normalized spacial score (nSPS) is 22.4. The van der Waals surface area contributed by atoms with Gasteiger partial charge in [0.25, 0.3) is 5.91 Å². The minimum absolute atomic E-state index is 0.00607. The number of hydrogen-bond donors (Lipinski definition) is 2. The van der Waals surface area contributed by atoms with Gasteiger partial charge < -0.3 is 15.2 Å². The van der Waals surface area contributed by atoms with E-state index in [0.29, 0.717) is 0 Å². The topological polar surface area (TPSA) is 46.1 Å². The summed E-state index contributed by atoms with van der Waals surface area (Å²) in [5.74, 6) is 0.738.